The number of nitrogens with zero attached hydrogens (tertiary/aromatic N) is 2. The maximum Gasteiger partial charge on any atom is 0.258 e. The summed E-state index contributed by atoms with van der Waals surface area (Å²) in [5.74, 6) is 1.07. The van der Waals surface area contributed by atoms with Crippen LogP contribution in [0.15, 0.2) is 54.7 Å². The maximum atomic E-state index is 11.9. The monoisotopic (exact) mass is 311 g/mol. The van der Waals surface area contributed by atoms with Crippen LogP contribution >= 0.6 is 0 Å². The lowest BCUT2D eigenvalue weighted by Crippen LogP contribution is -2.28. The third-order valence-electron chi connectivity index (χ3n) is 3.30. The molecule has 3 aromatic rings. The van der Waals surface area contributed by atoms with Gasteiger partial charge >= 0.3 is 0 Å². The Hall–Kier alpha value is -3.02. The number of methoxy groups -OCH3 is 1. The van der Waals surface area contributed by atoms with Gasteiger partial charge in [-0.1, -0.05) is 12.1 Å². The van der Waals surface area contributed by atoms with Crippen LogP contribution in [0.3, 0.4) is 0 Å². The molecule has 0 aliphatic carbocycles. The molecule has 0 saturated heterocycles. The molecule has 0 spiro atoms. The molecule has 1 aromatic carbocycles. The minimum Gasteiger partial charge on any atom is -0.497 e. The number of benzene rings is 1. The highest BCUT2D eigenvalue weighted by Crippen LogP contribution is 2.18. The average molecular weight is 311 g/mol. The number of amides is 1. The number of hydrogen-bond donors (Lipinski definition) is 1. The molecule has 0 unspecified atom stereocenters. The number of carbonyl (C=O) groups is 1. The first-order valence-electron chi connectivity index (χ1n) is 7.21. The molecule has 0 radical (unpaired) electrons. The van der Waals surface area contributed by atoms with Crippen molar-refractivity contribution in [2.45, 2.75) is 6.54 Å². The van der Waals surface area contributed by atoms with E-state index in [-0.39, 0.29) is 12.5 Å². The second-order valence-corrected chi connectivity index (χ2v) is 4.95. The van der Waals surface area contributed by atoms with Crippen LogP contribution in [0.1, 0.15) is 5.69 Å². The molecule has 2 aromatic heterocycles. The van der Waals surface area contributed by atoms with Crippen LogP contribution in [-0.4, -0.2) is 29.2 Å². The third kappa shape index (κ3) is 3.79. The van der Waals surface area contributed by atoms with Gasteiger partial charge in [-0.05, 0) is 30.3 Å². The van der Waals surface area contributed by atoms with Crippen molar-refractivity contribution in [3.05, 3.63) is 60.4 Å². The van der Waals surface area contributed by atoms with E-state index >= 15 is 0 Å². The minimum atomic E-state index is -0.204. The summed E-state index contributed by atoms with van der Waals surface area (Å²) in [6, 6.07) is 14.9. The molecule has 0 atom stereocenters. The molecule has 6 heteroatoms. The zero-order valence-corrected chi connectivity index (χ0v) is 12.7. The van der Waals surface area contributed by atoms with E-state index in [1.807, 2.05) is 42.6 Å². The molecule has 23 heavy (non-hydrogen) atoms. The van der Waals surface area contributed by atoms with Crippen LogP contribution in [0.2, 0.25) is 0 Å². The lowest BCUT2D eigenvalue weighted by atomic mass is 10.3. The number of nitrogens with one attached hydrogen (secondary N) is 1. The fourth-order valence-corrected chi connectivity index (χ4v) is 2.16. The smallest absolute Gasteiger partial charge is 0.258 e. The predicted molar refractivity (Wildman–Crippen MR) is 85.5 cm³/mol. The Labute approximate surface area is 133 Å². The van der Waals surface area contributed by atoms with E-state index in [9.17, 15) is 4.79 Å². The molecule has 0 fully saturated rings. The summed E-state index contributed by atoms with van der Waals surface area (Å²) in [5, 5.41) is 7.16. The van der Waals surface area contributed by atoms with Crippen LogP contribution in [0.25, 0.3) is 5.52 Å². The predicted octanol–water partition coefficient (Wildman–Crippen LogP) is 2.04. The Morgan fingerprint density at radius 1 is 1.17 bits per heavy atom. The number of aromatic nitrogens is 2. The summed E-state index contributed by atoms with van der Waals surface area (Å²) in [6.07, 6.45) is 1.87. The first kappa shape index (κ1) is 14.9. The highest BCUT2D eigenvalue weighted by atomic mass is 16.5. The molecular formula is C17H17N3O3. The van der Waals surface area contributed by atoms with Crippen molar-refractivity contribution in [3.8, 4) is 11.5 Å². The number of hydrogen-bond acceptors (Lipinski definition) is 4. The minimum absolute atomic E-state index is 0.0550. The van der Waals surface area contributed by atoms with Crippen LogP contribution < -0.4 is 14.8 Å². The second kappa shape index (κ2) is 6.83. The molecule has 0 aliphatic rings. The molecule has 6 nitrogen and oxygen atoms in total. The van der Waals surface area contributed by atoms with Gasteiger partial charge in [0.2, 0.25) is 0 Å². The van der Waals surface area contributed by atoms with E-state index in [0.29, 0.717) is 18.0 Å². The van der Waals surface area contributed by atoms with Crippen LogP contribution in [0, 0.1) is 0 Å². The summed E-state index contributed by atoms with van der Waals surface area (Å²) < 4.78 is 12.3. The largest absolute Gasteiger partial charge is 0.497 e. The van der Waals surface area contributed by atoms with Gasteiger partial charge in [-0.3, -0.25) is 4.79 Å². The first-order chi connectivity index (χ1) is 11.2. The number of rotatable bonds is 6. The van der Waals surface area contributed by atoms with Gasteiger partial charge in [0.05, 0.1) is 24.9 Å². The molecule has 0 aliphatic heterocycles. The summed E-state index contributed by atoms with van der Waals surface area (Å²) in [6.45, 7) is 0.308. The summed E-state index contributed by atoms with van der Waals surface area (Å²) in [4.78, 5) is 11.9. The molecule has 3 rings (SSSR count). The Morgan fingerprint density at radius 3 is 2.87 bits per heavy atom. The van der Waals surface area contributed by atoms with Gasteiger partial charge in [-0.2, -0.15) is 5.10 Å². The lowest BCUT2D eigenvalue weighted by molar-refractivity contribution is -0.123. The van der Waals surface area contributed by atoms with Crippen molar-refractivity contribution in [1.82, 2.24) is 14.9 Å². The van der Waals surface area contributed by atoms with E-state index in [1.54, 1.807) is 23.8 Å². The highest BCUT2D eigenvalue weighted by molar-refractivity contribution is 5.77. The topological polar surface area (TPSA) is 64.9 Å². The molecule has 0 bridgehead atoms. The maximum absolute atomic E-state index is 11.9. The third-order valence-corrected chi connectivity index (χ3v) is 3.30. The van der Waals surface area contributed by atoms with Gasteiger partial charge in [-0.25, -0.2) is 4.52 Å². The van der Waals surface area contributed by atoms with Crippen LogP contribution in [0.5, 0.6) is 11.5 Å². The number of pyridine rings is 1. The van der Waals surface area contributed by atoms with Gasteiger partial charge in [-0.15, -0.1) is 0 Å². The van der Waals surface area contributed by atoms with Crippen molar-refractivity contribution in [2.75, 3.05) is 13.7 Å². The first-order valence-corrected chi connectivity index (χ1v) is 7.21. The fourth-order valence-electron chi connectivity index (χ4n) is 2.16. The van der Waals surface area contributed by atoms with Gasteiger partial charge < -0.3 is 14.8 Å². The SMILES string of the molecule is COc1cccc(OCC(=O)NCc2cc3ccccn3n2)c1. The molecule has 0 saturated carbocycles. The van der Waals surface area contributed by atoms with Crippen molar-refractivity contribution in [2.24, 2.45) is 0 Å². The quantitative estimate of drug-likeness (QED) is 0.756. The average Bonchev–Trinajstić information content (AvgIpc) is 3.01. The van der Waals surface area contributed by atoms with Gasteiger partial charge in [0.25, 0.3) is 5.91 Å². The second-order valence-electron chi connectivity index (χ2n) is 4.95. The summed E-state index contributed by atoms with van der Waals surface area (Å²) in [5.41, 5.74) is 1.79. The Kier molecular flexibility index (Phi) is 4.42. The van der Waals surface area contributed by atoms with E-state index in [4.69, 9.17) is 9.47 Å². The van der Waals surface area contributed by atoms with Crippen LogP contribution in [-0.2, 0) is 11.3 Å². The highest BCUT2D eigenvalue weighted by Gasteiger charge is 2.06. The zero-order valence-electron chi connectivity index (χ0n) is 12.7. The standard InChI is InChI=1S/C17H17N3O3/c1-22-15-6-4-7-16(10-15)23-12-17(21)18-11-13-9-14-5-2-3-8-20(14)19-13/h2-10H,11-12H2,1H3,(H,18,21). The zero-order chi connectivity index (χ0) is 16.1. The number of fused-ring (bicyclic) bond motifs is 1. The van der Waals surface area contributed by atoms with Gasteiger partial charge in [0.1, 0.15) is 11.5 Å². The van der Waals surface area contributed by atoms with Gasteiger partial charge in [0, 0.05) is 12.3 Å². The number of carbonyl (C=O) groups excluding carboxylic acids is 1. The molecule has 1 N–H and O–H groups in total. The lowest BCUT2D eigenvalue weighted by Gasteiger charge is -2.07. The Balaban J connectivity index is 1.51. The van der Waals surface area contributed by atoms with Crippen LogP contribution in [0.4, 0.5) is 0 Å². The van der Waals surface area contributed by atoms with E-state index in [0.717, 1.165) is 11.2 Å². The number of ether oxygens (including phenoxy) is 2. The van der Waals surface area contributed by atoms with Crippen molar-refractivity contribution < 1.29 is 14.3 Å². The van der Waals surface area contributed by atoms with E-state index < -0.39 is 0 Å². The Morgan fingerprint density at radius 2 is 2.04 bits per heavy atom. The van der Waals surface area contributed by atoms with Gasteiger partial charge in [0.15, 0.2) is 6.61 Å². The van der Waals surface area contributed by atoms with E-state index in [1.165, 1.54) is 0 Å². The van der Waals surface area contributed by atoms with E-state index in [2.05, 4.69) is 10.4 Å². The summed E-state index contributed by atoms with van der Waals surface area (Å²) >= 11 is 0. The normalized spacial score (nSPS) is 10.5. The van der Waals surface area contributed by atoms with Crippen molar-refractivity contribution in [1.29, 1.82) is 0 Å². The summed E-state index contributed by atoms with van der Waals surface area (Å²) in [7, 11) is 1.58. The van der Waals surface area contributed by atoms with Crippen molar-refractivity contribution in [3.63, 3.8) is 0 Å². The fraction of sp³-hybridized carbons (Fsp3) is 0.176. The molecule has 1 amide bonds. The Bertz CT molecular complexity index is 780. The van der Waals surface area contributed by atoms with Crippen molar-refractivity contribution >= 4 is 11.4 Å². The molecule has 2 heterocycles. The molecule has 118 valence electrons. The molecular weight excluding hydrogens is 294 g/mol.